The van der Waals surface area contributed by atoms with Gasteiger partial charge in [-0.15, -0.1) is 0 Å². The van der Waals surface area contributed by atoms with Crippen molar-refractivity contribution in [3.8, 4) is 0 Å². The average Bonchev–Trinajstić information content (AvgIpc) is 2.43. The highest BCUT2D eigenvalue weighted by Gasteiger charge is 2.32. The van der Waals surface area contributed by atoms with E-state index in [4.69, 9.17) is 22.1 Å². The standard InChI is InChI=1S/C16H25ClN2O2/c1-16(2)11-19(9-12(10-20)21-16)8-7-15(18)13-5-3-4-6-14(13)17/h3-6,12,15,20H,7-11,18H2,1-2H3. The maximum atomic E-state index is 9.34. The molecule has 21 heavy (non-hydrogen) atoms. The Morgan fingerprint density at radius 1 is 1.48 bits per heavy atom. The van der Waals surface area contributed by atoms with E-state index in [1.807, 2.05) is 24.3 Å². The molecule has 0 aliphatic carbocycles. The Kier molecular flexibility index (Phi) is 5.63. The van der Waals surface area contributed by atoms with E-state index in [1.165, 1.54) is 0 Å². The van der Waals surface area contributed by atoms with Crippen molar-refractivity contribution >= 4 is 11.6 Å². The van der Waals surface area contributed by atoms with Crippen molar-refractivity contribution in [2.75, 3.05) is 26.2 Å². The summed E-state index contributed by atoms with van der Waals surface area (Å²) in [5, 5.41) is 10.1. The number of aliphatic hydroxyl groups excluding tert-OH is 1. The molecule has 1 aliphatic heterocycles. The number of aliphatic hydroxyl groups is 1. The van der Waals surface area contributed by atoms with E-state index in [-0.39, 0.29) is 24.4 Å². The molecule has 1 aromatic rings. The van der Waals surface area contributed by atoms with Gasteiger partial charge >= 0.3 is 0 Å². The van der Waals surface area contributed by atoms with Crippen molar-refractivity contribution in [1.29, 1.82) is 0 Å². The Morgan fingerprint density at radius 3 is 2.86 bits per heavy atom. The lowest BCUT2D eigenvalue weighted by Gasteiger charge is -2.42. The van der Waals surface area contributed by atoms with Crippen LogP contribution in [0.3, 0.4) is 0 Å². The lowest BCUT2D eigenvalue weighted by Crippen LogP contribution is -2.54. The van der Waals surface area contributed by atoms with Gasteiger partial charge in [-0.05, 0) is 31.9 Å². The molecule has 2 unspecified atom stereocenters. The molecular formula is C16H25ClN2O2. The second-order valence-corrected chi connectivity index (χ2v) is 6.74. The largest absolute Gasteiger partial charge is 0.394 e. The summed E-state index contributed by atoms with van der Waals surface area (Å²) in [5.74, 6) is 0. The first kappa shape index (κ1) is 16.7. The third-order valence-corrected chi connectivity index (χ3v) is 4.16. The summed E-state index contributed by atoms with van der Waals surface area (Å²) in [4.78, 5) is 2.31. The van der Waals surface area contributed by atoms with Gasteiger partial charge in [0, 0.05) is 30.7 Å². The summed E-state index contributed by atoms with van der Waals surface area (Å²) in [7, 11) is 0. The number of nitrogens with zero attached hydrogens (tertiary/aromatic N) is 1. The van der Waals surface area contributed by atoms with Crippen LogP contribution in [0.25, 0.3) is 0 Å². The molecule has 118 valence electrons. The fourth-order valence-electron chi connectivity index (χ4n) is 2.94. The zero-order valence-corrected chi connectivity index (χ0v) is 13.5. The first-order valence-corrected chi connectivity index (χ1v) is 7.80. The van der Waals surface area contributed by atoms with Crippen molar-refractivity contribution in [3.05, 3.63) is 34.9 Å². The molecule has 5 heteroatoms. The van der Waals surface area contributed by atoms with E-state index in [1.54, 1.807) is 0 Å². The van der Waals surface area contributed by atoms with E-state index in [9.17, 15) is 5.11 Å². The van der Waals surface area contributed by atoms with Gasteiger partial charge in [-0.25, -0.2) is 0 Å². The lowest BCUT2D eigenvalue weighted by atomic mass is 10.0. The van der Waals surface area contributed by atoms with Gasteiger partial charge in [0.05, 0.1) is 18.3 Å². The molecular weight excluding hydrogens is 288 g/mol. The molecule has 0 aromatic heterocycles. The summed E-state index contributed by atoms with van der Waals surface area (Å²) >= 11 is 6.18. The first-order chi connectivity index (χ1) is 9.91. The number of halogens is 1. The van der Waals surface area contributed by atoms with Crippen LogP contribution in [0.5, 0.6) is 0 Å². The maximum Gasteiger partial charge on any atom is 0.0940 e. The molecule has 0 amide bonds. The SMILES string of the molecule is CC1(C)CN(CCC(N)c2ccccc2Cl)CC(CO)O1. The number of rotatable bonds is 5. The Balaban J connectivity index is 1.91. The number of hydrogen-bond donors (Lipinski definition) is 2. The van der Waals surface area contributed by atoms with Crippen LogP contribution in [0.4, 0.5) is 0 Å². The van der Waals surface area contributed by atoms with Gasteiger partial charge in [0.2, 0.25) is 0 Å². The van der Waals surface area contributed by atoms with Crippen molar-refractivity contribution < 1.29 is 9.84 Å². The van der Waals surface area contributed by atoms with E-state index in [0.29, 0.717) is 0 Å². The van der Waals surface area contributed by atoms with Crippen LogP contribution in [0.15, 0.2) is 24.3 Å². The highest BCUT2D eigenvalue weighted by atomic mass is 35.5. The number of morpholine rings is 1. The molecule has 1 heterocycles. The van der Waals surface area contributed by atoms with Crippen molar-refractivity contribution in [2.24, 2.45) is 5.73 Å². The van der Waals surface area contributed by atoms with Crippen molar-refractivity contribution in [1.82, 2.24) is 4.90 Å². The second kappa shape index (κ2) is 7.07. The molecule has 1 aromatic carbocycles. The van der Waals surface area contributed by atoms with Crippen molar-refractivity contribution in [3.63, 3.8) is 0 Å². The summed E-state index contributed by atoms with van der Waals surface area (Å²) in [6, 6.07) is 7.65. The van der Waals surface area contributed by atoms with E-state index in [2.05, 4.69) is 18.7 Å². The van der Waals surface area contributed by atoms with E-state index < -0.39 is 0 Å². The van der Waals surface area contributed by atoms with Crippen molar-refractivity contribution in [2.45, 2.75) is 38.0 Å². The normalized spacial score (nSPS) is 24.0. The molecule has 2 rings (SSSR count). The Bertz CT molecular complexity index is 467. The number of benzene rings is 1. The summed E-state index contributed by atoms with van der Waals surface area (Å²) in [6.07, 6.45) is 0.711. The van der Waals surface area contributed by atoms with Crippen LogP contribution in [-0.2, 0) is 4.74 Å². The molecule has 1 fully saturated rings. The van der Waals surface area contributed by atoms with Gasteiger partial charge in [-0.3, -0.25) is 4.90 Å². The van der Waals surface area contributed by atoms with Crippen LogP contribution in [0.2, 0.25) is 5.02 Å². The zero-order chi connectivity index (χ0) is 15.5. The molecule has 0 saturated carbocycles. The third-order valence-electron chi connectivity index (χ3n) is 3.82. The molecule has 3 N–H and O–H groups in total. The van der Waals surface area contributed by atoms with Gasteiger partial charge in [-0.1, -0.05) is 29.8 Å². The van der Waals surface area contributed by atoms with Gasteiger partial charge < -0.3 is 15.6 Å². The summed E-state index contributed by atoms with van der Waals surface area (Å²) in [6.45, 7) is 6.62. The van der Waals surface area contributed by atoms with Gasteiger partial charge in [0.1, 0.15) is 0 Å². The molecule has 0 bridgehead atoms. The van der Waals surface area contributed by atoms with Gasteiger partial charge in [0.15, 0.2) is 0 Å². The summed E-state index contributed by atoms with van der Waals surface area (Å²) < 4.78 is 5.82. The minimum Gasteiger partial charge on any atom is -0.394 e. The molecule has 1 saturated heterocycles. The topological polar surface area (TPSA) is 58.7 Å². The quantitative estimate of drug-likeness (QED) is 0.875. The molecule has 0 spiro atoms. The minimum atomic E-state index is -0.236. The highest BCUT2D eigenvalue weighted by molar-refractivity contribution is 6.31. The fourth-order valence-corrected chi connectivity index (χ4v) is 3.21. The number of hydrogen-bond acceptors (Lipinski definition) is 4. The van der Waals surface area contributed by atoms with E-state index in [0.717, 1.165) is 36.6 Å². The van der Waals surface area contributed by atoms with Crippen LogP contribution in [0.1, 0.15) is 31.9 Å². The second-order valence-electron chi connectivity index (χ2n) is 6.33. The summed E-state index contributed by atoms with van der Waals surface area (Å²) in [5.41, 5.74) is 7.01. The molecule has 4 nitrogen and oxygen atoms in total. The van der Waals surface area contributed by atoms with E-state index >= 15 is 0 Å². The zero-order valence-electron chi connectivity index (χ0n) is 12.8. The molecule has 2 atom stereocenters. The minimum absolute atomic E-state index is 0.0521. The first-order valence-electron chi connectivity index (χ1n) is 7.42. The smallest absolute Gasteiger partial charge is 0.0940 e. The maximum absolute atomic E-state index is 9.34. The Labute approximate surface area is 131 Å². The average molecular weight is 313 g/mol. The highest BCUT2D eigenvalue weighted by Crippen LogP contribution is 2.25. The van der Waals surface area contributed by atoms with Crippen LogP contribution < -0.4 is 5.73 Å². The van der Waals surface area contributed by atoms with Gasteiger partial charge in [-0.2, -0.15) is 0 Å². The predicted molar refractivity (Wildman–Crippen MR) is 85.5 cm³/mol. The lowest BCUT2D eigenvalue weighted by molar-refractivity contribution is -0.149. The number of ether oxygens (including phenoxy) is 1. The molecule has 0 radical (unpaired) electrons. The Morgan fingerprint density at radius 2 is 2.19 bits per heavy atom. The Hall–Kier alpha value is -0.650. The monoisotopic (exact) mass is 312 g/mol. The van der Waals surface area contributed by atoms with Crippen LogP contribution >= 0.6 is 11.6 Å². The third kappa shape index (κ3) is 4.66. The fraction of sp³-hybridized carbons (Fsp3) is 0.625. The molecule has 1 aliphatic rings. The number of nitrogens with two attached hydrogens (primary N) is 1. The van der Waals surface area contributed by atoms with Gasteiger partial charge in [0.25, 0.3) is 0 Å². The predicted octanol–water partition coefficient (Wildman–Crippen LogP) is 2.20. The van der Waals surface area contributed by atoms with Crippen LogP contribution in [0, 0.1) is 0 Å². The van der Waals surface area contributed by atoms with Crippen LogP contribution in [-0.4, -0.2) is 48.0 Å².